The third-order valence-electron chi connectivity index (χ3n) is 4.22. The van der Waals surface area contributed by atoms with Crippen LogP contribution in [0.4, 0.5) is 5.69 Å². The highest BCUT2D eigenvalue weighted by atomic mass is 16.5. The van der Waals surface area contributed by atoms with Gasteiger partial charge in [-0.05, 0) is 32.1 Å². The number of nitrogen functional groups attached to an aromatic ring is 1. The minimum atomic E-state index is -0.0277. The fourth-order valence-electron chi connectivity index (χ4n) is 2.35. The maximum atomic E-state index is 12.5. The molecule has 126 valence electrons. The molecule has 0 saturated heterocycles. The number of nitrogens with one attached hydrogen (secondary N) is 1. The third kappa shape index (κ3) is 4.05. The lowest BCUT2D eigenvalue weighted by Gasteiger charge is -2.12. The summed E-state index contributed by atoms with van der Waals surface area (Å²) in [6.07, 6.45) is 0. The molecule has 1 aromatic carbocycles. The van der Waals surface area contributed by atoms with E-state index >= 15 is 0 Å². The molecule has 2 aromatic rings. The van der Waals surface area contributed by atoms with Crippen molar-refractivity contribution in [3.63, 3.8) is 0 Å². The first kappa shape index (κ1) is 17.3. The summed E-state index contributed by atoms with van der Waals surface area (Å²) in [4.78, 5) is 17.7. The molecule has 5 heteroatoms. The number of carbonyl (C=O) groups is 1. The van der Waals surface area contributed by atoms with Crippen LogP contribution in [0.25, 0.3) is 10.9 Å². The van der Waals surface area contributed by atoms with Crippen LogP contribution in [0, 0.1) is 11.8 Å². The lowest BCUT2D eigenvalue weighted by Crippen LogP contribution is -2.19. The van der Waals surface area contributed by atoms with E-state index in [1.807, 2.05) is 33.2 Å². The lowest BCUT2D eigenvalue weighted by atomic mass is 9.92. The smallest absolute Gasteiger partial charge is 0.182 e. The molecule has 0 bridgehead atoms. The molecule has 0 aliphatic rings. The standard InChI is InChI=1S/C18H27N3O2/c1-11(2)12(3)18(22)16-9-13-8-14(23-7-6-21(4)5)10-15(19)17(13)20-16/h8-12,20H,6-7,19H2,1-5H3. The zero-order valence-corrected chi connectivity index (χ0v) is 14.6. The van der Waals surface area contributed by atoms with Crippen molar-refractivity contribution in [3.8, 4) is 5.75 Å². The number of ketones is 1. The minimum absolute atomic E-state index is 0.0277. The Bertz CT molecular complexity index is 689. The number of nitrogens with zero attached hydrogens (tertiary/aromatic N) is 1. The average Bonchev–Trinajstić information content (AvgIpc) is 2.89. The summed E-state index contributed by atoms with van der Waals surface area (Å²) < 4.78 is 5.74. The van der Waals surface area contributed by atoms with Gasteiger partial charge in [-0.2, -0.15) is 0 Å². The fourth-order valence-corrected chi connectivity index (χ4v) is 2.35. The molecule has 0 aliphatic carbocycles. The SMILES string of the molecule is CC(C)C(C)C(=O)c1cc2cc(OCCN(C)C)cc(N)c2[nH]1. The summed E-state index contributed by atoms with van der Waals surface area (Å²) in [6, 6.07) is 5.59. The summed E-state index contributed by atoms with van der Waals surface area (Å²) in [7, 11) is 4.00. The molecular formula is C18H27N3O2. The van der Waals surface area contributed by atoms with Crippen LogP contribution in [-0.2, 0) is 0 Å². The van der Waals surface area contributed by atoms with Crippen LogP contribution >= 0.6 is 0 Å². The largest absolute Gasteiger partial charge is 0.492 e. The first-order valence-corrected chi connectivity index (χ1v) is 8.03. The Hall–Kier alpha value is -2.01. The van der Waals surface area contributed by atoms with E-state index in [9.17, 15) is 4.79 Å². The lowest BCUT2D eigenvalue weighted by molar-refractivity contribution is 0.0895. The monoisotopic (exact) mass is 317 g/mol. The summed E-state index contributed by atoms with van der Waals surface area (Å²) in [5, 5.41) is 0.907. The number of hydrogen-bond donors (Lipinski definition) is 2. The number of ether oxygens (including phenoxy) is 1. The van der Waals surface area contributed by atoms with Crippen LogP contribution in [0.1, 0.15) is 31.3 Å². The van der Waals surface area contributed by atoms with Crippen molar-refractivity contribution in [3.05, 3.63) is 23.9 Å². The van der Waals surface area contributed by atoms with Gasteiger partial charge in [-0.25, -0.2) is 0 Å². The van der Waals surface area contributed by atoms with E-state index in [0.29, 0.717) is 23.9 Å². The van der Waals surface area contributed by atoms with Gasteiger partial charge in [0.15, 0.2) is 5.78 Å². The Kier molecular flexibility index (Phi) is 5.31. The number of aromatic nitrogens is 1. The minimum Gasteiger partial charge on any atom is -0.492 e. The van der Waals surface area contributed by atoms with Gasteiger partial charge < -0.3 is 20.4 Å². The predicted octanol–water partition coefficient (Wildman–Crippen LogP) is 3.17. The molecule has 23 heavy (non-hydrogen) atoms. The number of rotatable bonds is 7. The number of Topliss-reactive ketones (excluding diaryl/α,β-unsaturated/α-hetero) is 1. The van der Waals surface area contributed by atoms with E-state index in [4.69, 9.17) is 10.5 Å². The zero-order chi connectivity index (χ0) is 17.1. The summed E-state index contributed by atoms with van der Waals surface area (Å²) in [5.41, 5.74) is 8.11. The van der Waals surface area contributed by atoms with E-state index in [1.165, 1.54) is 0 Å². The molecule has 1 unspecified atom stereocenters. The maximum absolute atomic E-state index is 12.5. The number of benzene rings is 1. The summed E-state index contributed by atoms with van der Waals surface area (Å²) in [5.74, 6) is 1.12. The molecule has 2 rings (SSSR count). The highest BCUT2D eigenvalue weighted by molar-refractivity contribution is 6.03. The molecule has 0 aliphatic heterocycles. The van der Waals surface area contributed by atoms with Gasteiger partial charge in [0.2, 0.25) is 0 Å². The Morgan fingerprint density at radius 2 is 1.96 bits per heavy atom. The Morgan fingerprint density at radius 3 is 2.57 bits per heavy atom. The van der Waals surface area contributed by atoms with Crippen molar-refractivity contribution >= 4 is 22.4 Å². The molecule has 0 spiro atoms. The van der Waals surface area contributed by atoms with Gasteiger partial charge in [0, 0.05) is 23.9 Å². The van der Waals surface area contributed by atoms with Crippen LogP contribution in [-0.4, -0.2) is 42.9 Å². The normalized spacial score (nSPS) is 13.0. The van der Waals surface area contributed by atoms with Crippen LogP contribution in [0.2, 0.25) is 0 Å². The van der Waals surface area contributed by atoms with E-state index in [0.717, 1.165) is 23.2 Å². The molecule has 0 radical (unpaired) electrons. The van der Waals surface area contributed by atoms with Gasteiger partial charge in [-0.3, -0.25) is 4.79 Å². The molecule has 5 nitrogen and oxygen atoms in total. The van der Waals surface area contributed by atoms with Gasteiger partial charge >= 0.3 is 0 Å². The fraction of sp³-hybridized carbons (Fsp3) is 0.500. The number of nitrogens with two attached hydrogens (primary N) is 1. The quantitative estimate of drug-likeness (QED) is 0.608. The van der Waals surface area contributed by atoms with Gasteiger partial charge in [-0.15, -0.1) is 0 Å². The van der Waals surface area contributed by atoms with Gasteiger partial charge in [0.1, 0.15) is 12.4 Å². The second kappa shape index (κ2) is 7.04. The molecular weight excluding hydrogens is 290 g/mol. The van der Waals surface area contributed by atoms with Crippen LogP contribution in [0.3, 0.4) is 0 Å². The van der Waals surface area contributed by atoms with E-state index in [2.05, 4.69) is 23.7 Å². The Morgan fingerprint density at radius 1 is 1.26 bits per heavy atom. The number of aromatic amines is 1. The molecule has 1 heterocycles. The van der Waals surface area contributed by atoms with E-state index in [1.54, 1.807) is 6.07 Å². The van der Waals surface area contributed by atoms with Gasteiger partial charge in [-0.1, -0.05) is 20.8 Å². The van der Waals surface area contributed by atoms with Crippen molar-refractivity contribution in [2.45, 2.75) is 20.8 Å². The maximum Gasteiger partial charge on any atom is 0.182 e. The number of carbonyl (C=O) groups excluding carboxylic acids is 1. The zero-order valence-electron chi connectivity index (χ0n) is 14.6. The Labute approximate surface area is 137 Å². The number of hydrogen-bond acceptors (Lipinski definition) is 4. The second-order valence-electron chi connectivity index (χ2n) is 6.71. The number of fused-ring (bicyclic) bond motifs is 1. The van der Waals surface area contributed by atoms with Crippen LogP contribution in [0.5, 0.6) is 5.75 Å². The van der Waals surface area contributed by atoms with Crippen molar-refractivity contribution in [1.82, 2.24) is 9.88 Å². The molecule has 0 amide bonds. The highest BCUT2D eigenvalue weighted by Gasteiger charge is 2.20. The summed E-state index contributed by atoms with van der Waals surface area (Å²) in [6.45, 7) is 7.49. The first-order valence-electron chi connectivity index (χ1n) is 8.03. The third-order valence-corrected chi connectivity index (χ3v) is 4.22. The molecule has 3 N–H and O–H groups in total. The molecule has 0 saturated carbocycles. The van der Waals surface area contributed by atoms with Gasteiger partial charge in [0.05, 0.1) is 16.9 Å². The van der Waals surface area contributed by atoms with Crippen molar-refractivity contribution in [1.29, 1.82) is 0 Å². The molecule has 1 aromatic heterocycles. The number of H-pyrrole nitrogens is 1. The highest BCUT2D eigenvalue weighted by Crippen LogP contribution is 2.29. The van der Waals surface area contributed by atoms with Crippen LogP contribution in [0.15, 0.2) is 18.2 Å². The first-order chi connectivity index (χ1) is 10.8. The average molecular weight is 317 g/mol. The molecule has 1 atom stereocenters. The van der Waals surface area contributed by atoms with Crippen molar-refractivity contribution < 1.29 is 9.53 Å². The molecule has 0 fully saturated rings. The Balaban J connectivity index is 2.25. The van der Waals surface area contributed by atoms with Gasteiger partial charge in [0.25, 0.3) is 0 Å². The van der Waals surface area contributed by atoms with E-state index in [-0.39, 0.29) is 11.7 Å². The number of likely N-dealkylation sites (N-methyl/N-ethyl adjacent to an activating group) is 1. The summed E-state index contributed by atoms with van der Waals surface area (Å²) >= 11 is 0. The van der Waals surface area contributed by atoms with Crippen molar-refractivity contribution in [2.75, 3.05) is 33.0 Å². The van der Waals surface area contributed by atoms with E-state index < -0.39 is 0 Å². The predicted molar refractivity (Wildman–Crippen MR) is 95.1 cm³/mol. The van der Waals surface area contributed by atoms with Crippen LogP contribution < -0.4 is 10.5 Å². The second-order valence-corrected chi connectivity index (χ2v) is 6.71. The van der Waals surface area contributed by atoms with Crippen molar-refractivity contribution in [2.24, 2.45) is 11.8 Å². The number of anilines is 1. The topological polar surface area (TPSA) is 71.3 Å².